The van der Waals surface area contributed by atoms with Gasteiger partial charge in [-0.25, -0.2) is 0 Å². The highest BCUT2D eigenvalue weighted by Crippen LogP contribution is 2.23. The minimum Gasteiger partial charge on any atom is -0.492 e. The molecule has 21 heavy (non-hydrogen) atoms. The molecule has 6 nitrogen and oxygen atoms in total. The Morgan fingerprint density at radius 3 is 2.43 bits per heavy atom. The molecule has 1 rings (SSSR count). The Morgan fingerprint density at radius 1 is 1.33 bits per heavy atom. The van der Waals surface area contributed by atoms with Gasteiger partial charge in [-0.15, -0.1) is 0 Å². The lowest BCUT2D eigenvalue weighted by Gasteiger charge is -2.30. The maximum absolute atomic E-state index is 10.8. The maximum Gasteiger partial charge on any atom is 0.287 e. The van der Waals surface area contributed by atoms with Gasteiger partial charge in [0.25, 0.3) is 5.69 Å². The summed E-state index contributed by atoms with van der Waals surface area (Å²) in [5.41, 5.74) is -0.182. The number of hydrogen-bond acceptors (Lipinski definition) is 5. The van der Waals surface area contributed by atoms with Gasteiger partial charge in [-0.3, -0.25) is 15.0 Å². The Kier molecular flexibility index (Phi) is 6.12. The molecular weight excluding hydrogens is 270 g/mol. The molecule has 0 amide bonds. The molecule has 6 heteroatoms. The van der Waals surface area contributed by atoms with Crippen molar-refractivity contribution in [1.29, 1.82) is 5.26 Å². The summed E-state index contributed by atoms with van der Waals surface area (Å²) in [6, 6.07) is 6.89. The summed E-state index contributed by atoms with van der Waals surface area (Å²) in [6.45, 7) is 9.73. The molecule has 0 heterocycles. The molecule has 0 saturated carbocycles. The van der Waals surface area contributed by atoms with Crippen LogP contribution in [0.4, 0.5) is 5.69 Å². The first kappa shape index (κ1) is 16.9. The average molecular weight is 291 g/mol. The number of nitro benzene ring substituents is 1. The molecular formula is C15H21N3O3. The molecule has 0 spiro atoms. The van der Waals surface area contributed by atoms with Gasteiger partial charge in [-0.05, 0) is 33.8 Å². The second-order valence-corrected chi connectivity index (χ2v) is 5.32. The lowest BCUT2D eigenvalue weighted by molar-refractivity contribution is -0.385. The second kappa shape index (κ2) is 7.60. The van der Waals surface area contributed by atoms with Crippen LogP contribution < -0.4 is 4.74 Å². The molecule has 0 bridgehead atoms. The van der Waals surface area contributed by atoms with Crippen molar-refractivity contribution in [3.63, 3.8) is 0 Å². The fourth-order valence-electron chi connectivity index (χ4n) is 2.24. The Bertz CT molecular complexity index is 527. The molecule has 0 fully saturated rings. The third kappa shape index (κ3) is 4.72. The van der Waals surface area contributed by atoms with E-state index in [2.05, 4.69) is 32.6 Å². The van der Waals surface area contributed by atoms with Crippen LogP contribution >= 0.6 is 0 Å². The largest absolute Gasteiger partial charge is 0.492 e. The first-order chi connectivity index (χ1) is 9.86. The van der Waals surface area contributed by atoms with E-state index in [0.717, 1.165) is 6.54 Å². The van der Waals surface area contributed by atoms with Crippen molar-refractivity contribution in [2.45, 2.75) is 39.8 Å². The number of hydrogen-bond donors (Lipinski definition) is 0. The average Bonchev–Trinajstić information content (AvgIpc) is 2.42. The number of nitriles is 1. The van der Waals surface area contributed by atoms with E-state index in [-0.39, 0.29) is 11.3 Å². The fraction of sp³-hybridized carbons (Fsp3) is 0.533. The summed E-state index contributed by atoms with van der Waals surface area (Å²) >= 11 is 0. The molecule has 0 aliphatic carbocycles. The maximum atomic E-state index is 10.8. The van der Waals surface area contributed by atoms with E-state index >= 15 is 0 Å². The summed E-state index contributed by atoms with van der Waals surface area (Å²) in [5.74, 6) is 0.476. The molecule has 0 unspecified atom stereocenters. The van der Waals surface area contributed by atoms with E-state index in [1.807, 2.05) is 6.07 Å². The Labute approximate surface area is 125 Å². The van der Waals surface area contributed by atoms with Gasteiger partial charge in [0.2, 0.25) is 0 Å². The van der Waals surface area contributed by atoms with Crippen LogP contribution in [0, 0.1) is 21.4 Å². The molecule has 0 radical (unpaired) electrons. The van der Waals surface area contributed by atoms with E-state index in [4.69, 9.17) is 10.00 Å². The summed E-state index contributed by atoms with van der Waals surface area (Å²) in [5, 5.41) is 19.7. The normalized spacial score (nSPS) is 11.0. The van der Waals surface area contributed by atoms with E-state index in [1.54, 1.807) is 0 Å². The molecule has 0 N–H and O–H groups in total. The van der Waals surface area contributed by atoms with Crippen molar-refractivity contribution in [2.75, 3.05) is 13.2 Å². The monoisotopic (exact) mass is 291 g/mol. The van der Waals surface area contributed by atoms with Crippen LogP contribution in [0.2, 0.25) is 0 Å². The van der Waals surface area contributed by atoms with Crippen LogP contribution in [0.25, 0.3) is 0 Å². The van der Waals surface area contributed by atoms with Gasteiger partial charge < -0.3 is 4.74 Å². The quantitative estimate of drug-likeness (QED) is 0.570. The number of rotatable bonds is 7. The first-order valence-corrected chi connectivity index (χ1v) is 6.94. The first-order valence-electron chi connectivity index (χ1n) is 6.94. The van der Waals surface area contributed by atoms with Crippen LogP contribution in [0.5, 0.6) is 5.75 Å². The van der Waals surface area contributed by atoms with Gasteiger partial charge in [0.1, 0.15) is 24.0 Å². The second-order valence-electron chi connectivity index (χ2n) is 5.32. The third-order valence-electron chi connectivity index (χ3n) is 3.23. The highest BCUT2D eigenvalue weighted by molar-refractivity contribution is 5.52. The predicted molar refractivity (Wildman–Crippen MR) is 80.3 cm³/mol. The zero-order valence-electron chi connectivity index (χ0n) is 12.9. The van der Waals surface area contributed by atoms with Crippen LogP contribution in [-0.4, -0.2) is 35.1 Å². The van der Waals surface area contributed by atoms with Crippen molar-refractivity contribution in [3.05, 3.63) is 33.9 Å². The summed E-state index contributed by atoms with van der Waals surface area (Å²) in [6.07, 6.45) is 0. The third-order valence-corrected chi connectivity index (χ3v) is 3.23. The van der Waals surface area contributed by atoms with Gasteiger partial charge in [-0.2, -0.15) is 5.26 Å². The van der Waals surface area contributed by atoms with Crippen LogP contribution in [0.15, 0.2) is 18.2 Å². The number of nitro groups is 1. The smallest absolute Gasteiger partial charge is 0.287 e. The van der Waals surface area contributed by atoms with E-state index in [1.165, 1.54) is 18.2 Å². The van der Waals surface area contributed by atoms with Gasteiger partial charge in [0.05, 0.1) is 4.92 Å². The minimum absolute atomic E-state index is 0.0158. The Morgan fingerprint density at radius 2 is 1.95 bits per heavy atom. The van der Waals surface area contributed by atoms with Crippen molar-refractivity contribution < 1.29 is 9.66 Å². The lowest BCUT2D eigenvalue weighted by Crippen LogP contribution is -2.39. The zero-order valence-corrected chi connectivity index (χ0v) is 12.9. The van der Waals surface area contributed by atoms with Gasteiger partial charge >= 0.3 is 0 Å². The van der Waals surface area contributed by atoms with Crippen LogP contribution in [0.3, 0.4) is 0 Å². The molecule has 0 atom stereocenters. The highest BCUT2D eigenvalue weighted by Gasteiger charge is 2.15. The lowest BCUT2D eigenvalue weighted by atomic mass is 10.2. The summed E-state index contributed by atoms with van der Waals surface area (Å²) in [4.78, 5) is 12.5. The molecule has 0 aliphatic rings. The Hall–Kier alpha value is -2.13. The van der Waals surface area contributed by atoms with Crippen molar-refractivity contribution >= 4 is 5.69 Å². The van der Waals surface area contributed by atoms with Crippen molar-refractivity contribution in [2.24, 2.45) is 0 Å². The fourth-order valence-corrected chi connectivity index (χ4v) is 2.24. The molecule has 1 aromatic rings. The zero-order chi connectivity index (χ0) is 16.0. The summed E-state index contributed by atoms with van der Waals surface area (Å²) in [7, 11) is 0. The molecule has 0 saturated heterocycles. The SMILES string of the molecule is CC(C)N(CCOc1ccc([N+](=O)[O-])c(C#N)c1)C(C)C. The van der Waals surface area contributed by atoms with Crippen LogP contribution in [-0.2, 0) is 0 Å². The highest BCUT2D eigenvalue weighted by atomic mass is 16.6. The molecule has 0 aliphatic heterocycles. The van der Waals surface area contributed by atoms with E-state index in [9.17, 15) is 10.1 Å². The number of ether oxygens (including phenoxy) is 1. The van der Waals surface area contributed by atoms with Crippen molar-refractivity contribution in [3.8, 4) is 11.8 Å². The van der Waals surface area contributed by atoms with Gasteiger partial charge in [0.15, 0.2) is 0 Å². The Balaban J connectivity index is 2.69. The van der Waals surface area contributed by atoms with E-state index < -0.39 is 4.92 Å². The van der Waals surface area contributed by atoms with Crippen LogP contribution in [0.1, 0.15) is 33.3 Å². The molecule has 0 aromatic heterocycles. The topological polar surface area (TPSA) is 79.4 Å². The molecule has 1 aromatic carbocycles. The summed E-state index contributed by atoms with van der Waals surface area (Å²) < 4.78 is 5.60. The van der Waals surface area contributed by atoms with Crippen molar-refractivity contribution in [1.82, 2.24) is 4.90 Å². The number of nitrogens with zero attached hydrogens (tertiary/aromatic N) is 3. The predicted octanol–water partition coefficient (Wildman–Crippen LogP) is 2.96. The van der Waals surface area contributed by atoms with Gasteiger partial charge in [-0.1, -0.05) is 0 Å². The van der Waals surface area contributed by atoms with E-state index in [0.29, 0.717) is 24.4 Å². The minimum atomic E-state index is -0.568. The molecule has 114 valence electrons. The van der Waals surface area contributed by atoms with Gasteiger partial charge in [0, 0.05) is 30.8 Å². The number of benzene rings is 1. The standard InChI is InChI=1S/C15H21N3O3/c1-11(2)17(12(3)4)7-8-21-14-5-6-15(18(19)20)13(9-14)10-16/h5-6,9,11-12H,7-8H2,1-4H3.